The lowest BCUT2D eigenvalue weighted by Gasteiger charge is -2.15. The maximum absolute atomic E-state index is 4.73. The van der Waals surface area contributed by atoms with Crippen molar-refractivity contribution in [1.29, 1.82) is 0 Å². The molecular formula is C23H35IN6. The summed E-state index contributed by atoms with van der Waals surface area (Å²) in [7, 11) is 3.99. The number of aliphatic imine (C=N–C) groups is 1. The lowest BCUT2D eigenvalue weighted by atomic mass is 10.1. The third kappa shape index (κ3) is 7.75. The number of likely N-dealkylation sites (tertiary alicyclic amines) is 1. The summed E-state index contributed by atoms with van der Waals surface area (Å²) in [6, 6.07) is 13.0. The molecule has 0 radical (unpaired) electrons. The van der Waals surface area contributed by atoms with Crippen LogP contribution in [-0.4, -0.2) is 49.6 Å². The number of halogens is 1. The lowest BCUT2D eigenvalue weighted by molar-refractivity contribution is 0.331. The number of nitrogens with zero attached hydrogens (tertiary/aromatic N) is 4. The van der Waals surface area contributed by atoms with Crippen LogP contribution in [0.2, 0.25) is 0 Å². The molecule has 0 bridgehead atoms. The number of hydrogen-bond acceptors (Lipinski definition) is 4. The van der Waals surface area contributed by atoms with Gasteiger partial charge < -0.3 is 15.5 Å². The Balaban J connectivity index is 0.00000320. The van der Waals surface area contributed by atoms with Crippen molar-refractivity contribution in [1.82, 2.24) is 20.5 Å². The fourth-order valence-corrected chi connectivity index (χ4v) is 3.46. The standard InChI is InChI=1S/C23H34N6.HI/c1-4-24-23(27-17-21-11-12-25-22(15-21)28(2)3)26-16-19-7-9-20(10-8-19)18-29-13-5-6-14-29;/h7-12,15H,4-6,13-14,16-18H2,1-3H3,(H2,24,26,27);1H. The molecule has 0 spiro atoms. The third-order valence-electron chi connectivity index (χ3n) is 5.12. The molecule has 1 fully saturated rings. The minimum Gasteiger partial charge on any atom is -0.363 e. The van der Waals surface area contributed by atoms with Gasteiger partial charge in [-0.1, -0.05) is 24.3 Å². The van der Waals surface area contributed by atoms with Gasteiger partial charge in [0.05, 0.1) is 6.54 Å². The third-order valence-corrected chi connectivity index (χ3v) is 5.12. The first-order valence-corrected chi connectivity index (χ1v) is 10.6. The van der Waals surface area contributed by atoms with Gasteiger partial charge in [0.2, 0.25) is 0 Å². The molecule has 1 aromatic carbocycles. The number of hydrogen-bond donors (Lipinski definition) is 2. The van der Waals surface area contributed by atoms with Gasteiger partial charge in [0.1, 0.15) is 5.82 Å². The van der Waals surface area contributed by atoms with E-state index in [0.717, 1.165) is 37.0 Å². The molecule has 2 heterocycles. The van der Waals surface area contributed by atoms with Crippen LogP contribution in [0.3, 0.4) is 0 Å². The van der Waals surface area contributed by atoms with Crippen LogP contribution in [-0.2, 0) is 19.6 Å². The molecule has 1 aliphatic rings. The van der Waals surface area contributed by atoms with Gasteiger partial charge in [-0.25, -0.2) is 9.98 Å². The summed E-state index contributed by atoms with van der Waals surface area (Å²) < 4.78 is 0. The van der Waals surface area contributed by atoms with Crippen molar-refractivity contribution in [3.8, 4) is 0 Å². The normalized spacial score (nSPS) is 14.3. The molecule has 30 heavy (non-hydrogen) atoms. The second-order valence-corrected chi connectivity index (χ2v) is 7.77. The molecule has 0 aliphatic carbocycles. The summed E-state index contributed by atoms with van der Waals surface area (Å²) in [5.74, 6) is 1.78. The molecule has 164 valence electrons. The van der Waals surface area contributed by atoms with E-state index in [2.05, 4.69) is 57.8 Å². The van der Waals surface area contributed by atoms with E-state index in [1.165, 1.54) is 37.1 Å². The molecule has 0 amide bonds. The first kappa shape index (κ1) is 24.4. The van der Waals surface area contributed by atoms with Crippen LogP contribution in [0.25, 0.3) is 0 Å². The van der Waals surface area contributed by atoms with E-state index in [-0.39, 0.29) is 24.0 Å². The van der Waals surface area contributed by atoms with Crippen molar-refractivity contribution in [2.75, 3.05) is 38.6 Å². The minimum atomic E-state index is 0. The van der Waals surface area contributed by atoms with Gasteiger partial charge >= 0.3 is 0 Å². The van der Waals surface area contributed by atoms with Crippen molar-refractivity contribution in [2.24, 2.45) is 4.99 Å². The average molecular weight is 522 g/mol. The topological polar surface area (TPSA) is 55.8 Å². The van der Waals surface area contributed by atoms with Crippen LogP contribution in [0, 0.1) is 0 Å². The Bertz CT molecular complexity index is 785. The van der Waals surface area contributed by atoms with Gasteiger partial charge in [-0.05, 0) is 61.7 Å². The number of rotatable bonds is 8. The second-order valence-electron chi connectivity index (χ2n) is 7.77. The molecule has 6 nitrogen and oxygen atoms in total. The largest absolute Gasteiger partial charge is 0.363 e. The zero-order valence-corrected chi connectivity index (χ0v) is 20.7. The SMILES string of the molecule is CCNC(=NCc1ccnc(N(C)C)c1)NCc1ccc(CN2CCCC2)cc1.I. The van der Waals surface area contributed by atoms with Gasteiger partial charge in [-0.2, -0.15) is 0 Å². The van der Waals surface area contributed by atoms with Crippen molar-refractivity contribution in [2.45, 2.75) is 39.4 Å². The van der Waals surface area contributed by atoms with Crippen LogP contribution in [0.4, 0.5) is 5.82 Å². The average Bonchev–Trinajstić information content (AvgIpc) is 3.24. The van der Waals surface area contributed by atoms with Gasteiger partial charge in [-0.15, -0.1) is 24.0 Å². The smallest absolute Gasteiger partial charge is 0.191 e. The first-order chi connectivity index (χ1) is 14.1. The molecule has 1 saturated heterocycles. The number of guanidine groups is 1. The van der Waals surface area contributed by atoms with E-state index >= 15 is 0 Å². The number of aromatic nitrogens is 1. The van der Waals surface area contributed by atoms with E-state index < -0.39 is 0 Å². The van der Waals surface area contributed by atoms with E-state index in [1.54, 1.807) is 0 Å². The van der Waals surface area contributed by atoms with Gasteiger partial charge in [0.25, 0.3) is 0 Å². The van der Waals surface area contributed by atoms with E-state index in [4.69, 9.17) is 4.99 Å². The van der Waals surface area contributed by atoms with Crippen molar-refractivity contribution < 1.29 is 0 Å². The Hall–Kier alpha value is -1.87. The Labute approximate surface area is 198 Å². The molecule has 7 heteroatoms. The molecule has 1 aromatic heterocycles. The Morgan fingerprint density at radius 2 is 1.73 bits per heavy atom. The van der Waals surface area contributed by atoms with Crippen LogP contribution < -0.4 is 15.5 Å². The summed E-state index contributed by atoms with van der Waals surface area (Å²) in [5.41, 5.74) is 3.80. The lowest BCUT2D eigenvalue weighted by Crippen LogP contribution is -2.36. The van der Waals surface area contributed by atoms with E-state index in [1.807, 2.05) is 31.3 Å². The van der Waals surface area contributed by atoms with Gasteiger partial charge in [-0.3, -0.25) is 4.90 Å². The highest BCUT2D eigenvalue weighted by Gasteiger charge is 2.11. The van der Waals surface area contributed by atoms with Crippen LogP contribution in [0.1, 0.15) is 36.5 Å². The predicted octanol–water partition coefficient (Wildman–Crippen LogP) is 3.62. The van der Waals surface area contributed by atoms with Crippen LogP contribution in [0.5, 0.6) is 0 Å². The maximum Gasteiger partial charge on any atom is 0.191 e. The van der Waals surface area contributed by atoms with E-state index in [0.29, 0.717) is 6.54 Å². The summed E-state index contributed by atoms with van der Waals surface area (Å²) in [4.78, 5) is 13.6. The fourth-order valence-electron chi connectivity index (χ4n) is 3.46. The summed E-state index contributed by atoms with van der Waals surface area (Å²) in [6.45, 7) is 7.83. The minimum absolute atomic E-state index is 0. The van der Waals surface area contributed by atoms with Gasteiger partial charge in [0.15, 0.2) is 5.96 Å². The number of nitrogens with one attached hydrogen (secondary N) is 2. The number of anilines is 1. The summed E-state index contributed by atoms with van der Waals surface area (Å²) in [6.07, 6.45) is 4.51. The highest BCUT2D eigenvalue weighted by Crippen LogP contribution is 2.13. The molecule has 1 aliphatic heterocycles. The fraction of sp³-hybridized carbons (Fsp3) is 0.478. The molecule has 2 N–H and O–H groups in total. The Kier molecular flexibility index (Phi) is 10.4. The summed E-state index contributed by atoms with van der Waals surface area (Å²) >= 11 is 0. The monoisotopic (exact) mass is 522 g/mol. The van der Waals surface area contributed by atoms with Crippen molar-refractivity contribution >= 4 is 35.8 Å². The quantitative estimate of drug-likeness (QED) is 0.315. The zero-order valence-electron chi connectivity index (χ0n) is 18.4. The molecule has 0 saturated carbocycles. The van der Waals surface area contributed by atoms with Crippen LogP contribution in [0.15, 0.2) is 47.6 Å². The second kappa shape index (κ2) is 12.7. The van der Waals surface area contributed by atoms with Crippen molar-refractivity contribution in [3.63, 3.8) is 0 Å². The Morgan fingerprint density at radius 3 is 2.40 bits per heavy atom. The molecule has 3 rings (SSSR count). The molecule has 0 atom stereocenters. The zero-order chi connectivity index (χ0) is 20.5. The highest BCUT2D eigenvalue weighted by molar-refractivity contribution is 14.0. The van der Waals surface area contributed by atoms with E-state index in [9.17, 15) is 0 Å². The first-order valence-electron chi connectivity index (χ1n) is 10.6. The van der Waals surface area contributed by atoms with Crippen LogP contribution >= 0.6 is 24.0 Å². The predicted molar refractivity (Wildman–Crippen MR) is 137 cm³/mol. The maximum atomic E-state index is 4.73. The molecular weight excluding hydrogens is 487 g/mol. The number of pyridine rings is 1. The van der Waals surface area contributed by atoms with Crippen molar-refractivity contribution in [3.05, 3.63) is 59.3 Å². The number of benzene rings is 1. The molecule has 0 unspecified atom stereocenters. The Morgan fingerprint density at radius 1 is 1.03 bits per heavy atom. The molecule has 2 aromatic rings. The highest BCUT2D eigenvalue weighted by atomic mass is 127. The summed E-state index contributed by atoms with van der Waals surface area (Å²) in [5, 5.41) is 6.77. The van der Waals surface area contributed by atoms with Gasteiger partial charge in [0, 0.05) is 39.9 Å².